The second kappa shape index (κ2) is 10.5. The summed E-state index contributed by atoms with van der Waals surface area (Å²) in [5.41, 5.74) is 2.17. The quantitative estimate of drug-likeness (QED) is 0.379. The summed E-state index contributed by atoms with van der Waals surface area (Å²) < 4.78 is 33.9. The standard InChI is InChI=1S/C26H33N7O5S/c1-17-16-38-13-11-33(17)23-14-22(26(8-9-26)39(36,37)21-15-32(3)31-18(21)2)29-24(30-23)19-4-6-20(7-5-19)28-25(35)27-10-12-34/h4-7,14-15,17,34H,8-13,16H2,1-3H3,(H2,27,28,35)/t17-/m0/s1. The smallest absolute Gasteiger partial charge is 0.319 e. The number of urea groups is 1. The van der Waals surface area contributed by atoms with E-state index in [9.17, 15) is 13.2 Å². The van der Waals surface area contributed by atoms with Gasteiger partial charge in [-0.2, -0.15) is 5.10 Å². The van der Waals surface area contributed by atoms with Crippen LogP contribution in [0, 0.1) is 6.92 Å². The maximum absolute atomic E-state index is 14.0. The number of benzene rings is 1. The maximum Gasteiger partial charge on any atom is 0.319 e. The monoisotopic (exact) mass is 555 g/mol. The van der Waals surface area contributed by atoms with E-state index in [2.05, 4.69) is 20.6 Å². The fourth-order valence-electron chi connectivity index (χ4n) is 4.89. The number of nitrogens with zero attached hydrogens (tertiary/aromatic N) is 5. The second-order valence-electron chi connectivity index (χ2n) is 9.98. The summed E-state index contributed by atoms with van der Waals surface area (Å²) in [5, 5.41) is 18.4. The largest absolute Gasteiger partial charge is 0.395 e. The molecule has 0 spiro atoms. The minimum atomic E-state index is -3.77. The van der Waals surface area contributed by atoms with E-state index in [4.69, 9.17) is 19.8 Å². The van der Waals surface area contributed by atoms with Crippen LogP contribution in [0.15, 0.2) is 41.4 Å². The number of hydrogen-bond acceptors (Lipinski definition) is 9. The average Bonchev–Trinajstić information content (AvgIpc) is 3.67. The maximum atomic E-state index is 14.0. The highest BCUT2D eigenvalue weighted by Crippen LogP contribution is 2.55. The van der Waals surface area contributed by atoms with Gasteiger partial charge in [0.05, 0.1) is 37.3 Å². The number of carbonyl (C=O) groups is 1. The third kappa shape index (κ3) is 5.21. The van der Waals surface area contributed by atoms with Crippen LogP contribution in [0.4, 0.5) is 16.3 Å². The summed E-state index contributed by atoms with van der Waals surface area (Å²) in [6.45, 7) is 5.48. The summed E-state index contributed by atoms with van der Waals surface area (Å²) in [6.07, 6.45) is 2.48. The fraction of sp³-hybridized carbons (Fsp3) is 0.462. The van der Waals surface area contributed by atoms with Gasteiger partial charge in [-0.3, -0.25) is 4.68 Å². The van der Waals surface area contributed by atoms with Gasteiger partial charge in [0.15, 0.2) is 15.7 Å². The highest BCUT2D eigenvalue weighted by molar-refractivity contribution is 7.92. The van der Waals surface area contributed by atoms with Crippen molar-refractivity contribution in [1.29, 1.82) is 0 Å². The number of ether oxygens (including phenoxy) is 1. The molecule has 208 valence electrons. The fourth-order valence-corrected chi connectivity index (χ4v) is 7.05. The Balaban J connectivity index is 1.54. The Morgan fingerprint density at radius 2 is 1.97 bits per heavy atom. The molecule has 0 bridgehead atoms. The third-order valence-electron chi connectivity index (χ3n) is 7.12. The first-order valence-corrected chi connectivity index (χ1v) is 14.4. The van der Waals surface area contributed by atoms with Gasteiger partial charge in [0, 0.05) is 43.7 Å². The van der Waals surface area contributed by atoms with Gasteiger partial charge in [0.2, 0.25) is 0 Å². The van der Waals surface area contributed by atoms with Crippen molar-refractivity contribution in [3.05, 3.63) is 47.9 Å². The van der Waals surface area contributed by atoms with Gasteiger partial charge >= 0.3 is 6.03 Å². The lowest BCUT2D eigenvalue weighted by Crippen LogP contribution is -2.44. The van der Waals surface area contributed by atoms with E-state index in [1.54, 1.807) is 44.4 Å². The molecule has 2 aliphatic rings. The number of nitrogens with one attached hydrogen (secondary N) is 2. The lowest BCUT2D eigenvalue weighted by Gasteiger charge is -2.34. The summed E-state index contributed by atoms with van der Waals surface area (Å²) in [4.78, 5) is 23.9. The Labute approximate surface area is 227 Å². The highest BCUT2D eigenvalue weighted by atomic mass is 32.2. The Bertz CT molecular complexity index is 1470. The number of carbonyl (C=O) groups excluding carboxylic acids is 1. The van der Waals surface area contributed by atoms with Gasteiger partial charge in [-0.25, -0.2) is 23.2 Å². The lowest BCUT2D eigenvalue weighted by atomic mass is 10.1. The first kappa shape index (κ1) is 27.0. The molecule has 2 fully saturated rings. The first-order chi connectivity index (χ1) is 18.6. The van der Waals surface area contributed by atoms with Crippen molar-refractivity contribution in [2.75, 3.05) is 43.1 Å². The molecule has 1 aromatic carbocycles. The van der Waals surface area contributed by atoms with Gasteiger partial charge in [-0.15, -0.1) is 0 Å². The van der Waals surface area contributed by atoms with Crippen molar-refractivity contribution in [2.24, 2.45) is 7.05 Å². The summed E-state index contributed by atoms with van der Waals surface area (Å²) >= 11 is 0. The van der Waals surface area contributed by atoms with E-state index >= 15 is 0 Å². The molecule has 2 amide bonds. The topological polar surface area (TPSA) is 152 Å². The van der Waals surface area contributed by atoms with Gasteiger partial charge in [-0.05, 0) is 51.0 Å². The molecular weight excluding hydrogens is 522 g/mol. The molecule has 1 saturated heterocycles. The molecule has 2 aromatic heterocycles. The summed E-state index contributed by atoms with van der Waals surface area (Å²) in [7, 11) is -2.06. The minimum Gasteiger partial charge on any atom is -0.395 e. The Hall–Kier alpha value is -3.55. The number of morpholine rings is 1. The third-order valence-corrected chi connectivity index (χ3v) is 9.74. The number of rotatable bonds is 8. The number of hydrogen-bond donors (Lipinski definition) is 3. The molecule has 13 heteroatoms. The van der Waals surface area contributed by atoms with Crippen LogP contribution >= 0.6 is 0 Å². The molecule has 3 heterocycles. The van der Waals surface area contributed by atoms with Crippen LogP contribution in [0.2, 0.25) is 0 Å². The van der Waals surface area contributed by atoms with Crippen molar-refractivity contribution < 1.29 is 23.1 Å². The normalized spacial score (nSPS) is 18.6. The van der Waals surface area contributed by atoms with Crippen molar-refractivity contribution in [3.8, 4) is 11.4 Å². The van der Waals surface area contributed by atoms with E-state index in [0.29, 0.717) is 66.9 Å². The van der Waals surface area contributed by atoms with Crippen molar-refractivity contribution in [1.82, 2.24) is 25.1 Å². The summed E-state index contributed by atoms with van der Waals surface area (Å²) in [5.74, 6) is 1.06. The predicted octanol–water partition coefficient (Wildman–Crippen LogP) is 1.99. The zero-order valence-corrected chi connectivity index (χ0v) is 23.0. The molecule has 1 atom stereocenters. The number of amides is 2. The number of aliphatic hydroxyl groups excluding tert-OH is 1. The van der Waals surface area contributed by atoms with E-state index in [0.717, 1.165) is 0 Å². The van der Waals surface area contributed by atoms with E-state index in [-0.39, 0.29) is 24.1 Å². The van der Waals surface area contributed by atoms with Crippen LogP contribution in [0.3, 0.4) is 0 Å². The first-order valence-electron chi connectivity index (χ1n) is 12.9. The van der Waals surface area contributed by atoms with Gasteiger partial charge in [0.25, 0.3) is 0 Å². The van der Waals surface area contributed by atoms with E-state index in [1.807, 2.05) is 13.0 Å². The number of aryl methyl sites for hydroxylation is 2. The SMILES string of the molecule is Cc1nn(C)cc1S(=O)(=O)C1(c2cc(N3CCOC[C@@H]3C)nc(-c3ccc(NC(=O)NCCO)cc3)n2)CC1. The van der Waals surface area contributed by atoms with Crippen LogP contribution in [0.5, 0.6) is 0 Å². The van der Waals surface area contributed by atoms with Crippen molar-refractivity contribution >= 4 is 27.4 Å². The molecular formula is C26H33N7O5S. The molecule has 0 unspecified atom stereocenters. The molecule has 0 radical (unpaired) electrons. The van der Waals surface area contributed by atoms with E-state index < -0.39 is 20.6 Å². The predicted molar refractivity (Wildman–Crippen MR) is 145 cm³/mol. The second-order valence-corrected chi connectivity index (χ2v) is 12.2. The van der Waals surface area contributed by atoms with Crippen molar-refractivity contribution in [3.63, 3.8) is 0 Å². The molecule has 1 saturated carbocycles. The number of aliphatic hydroxyl groups is 1. The Morgan fingerprint density at radius 3 is 2.59 bits per heavy atom. The van der Waals surface area contributed by atoms with Crippen LogP contribution < -0.4 is 15.5 Å². The molecule has 3 aromatic rings. The molecule has 39 heavy (non-hydrogen) atoms. The Kier molecular flexibility index (Phi) is 7.31. The average molecular weight is 556 g/mol. The lowest BCUT2D eigenvalue weighted by molar-refractivity contribution is 0.0985. The van der Waals surface area contributed by atoms with Crippen LogP contribution in [0.25, 0.3) is 11.4 Å². The Morgan fingerprint density at radius 1 is 1.23 bits per heavy atom. The number of anilines is 2. The van der Waals surface area contributed by atoms with Crippen LogP contribution in [0.1, 0.15) is 31.2 Å². The van der Waals surface area contributed by atoms with Crippen LogP contribution in [-0.4, -0.2) is 78.3 Å². The number of aromatic nitrogens is 4. The van der Waals surface area contributed by atoms with E-state index in [1.165, 1.54) is 4.68 Å². The highest BCUT2D eigenvalue weighted by Gasteiger charge is 2.58. The van der Waals surface area contributed by atoms with Gasteiger partial charge in [-0.1, -0.05) is 0 Å². The molecule has 12 nitrogen and oxygen atoms in total. The molecule has 1 aliphatic heterocycles. The molecule has 5 rings (SSSR count). The summed E-state index contributed by atoms with van der Waals surface area (Å²) in [6, 6.07) is 8.46. The molecule has 1 aliphatic carbocycles. The molecule has 3 N–H and O–H groups in total. The minimum absolute atomic E-state index is 0.0608. The number of sulfone groups is 1. The van der Waals surface area contributed by atoms with Gasteiger partial charge < -0.3 is 25.4 Å². The zero-order chi connectivity index (χ0) is 27.8. The van der Waals surface area contributed by atoms with Crippen LogP contribution in [-0.2, 0) is 26.4 Å². The van der Waals surface area contributed by atoms with Gasteiger partial charge in [0.1, 0.15) is 15.5 Å². The van der Waals surface area contributed by atoms with Crippen molar-refractivity contribution in [2.45, 2.75) is 42.4 Å². The zero-order valence-electron chi connectivity index (χ0n) is 22.2.